The number of benzene rings is 1. The molecule has 1 aliphatic rings. The van der Waals surface area contributed by atoms with Crippen LogP contribution < -0.4 is 4.74 Å². The number of thioether (sulfide) groups is 1. The van der Waals surface area contributed by atoms with Gasteiger partial charge in [0, 0.05) is 44.4 Å². The molecule has 4 atom stereocenters. The molecule has 9 nitrogen and oxygen atoms in total. The summed E-state index contributed by atoms with van der Waals surface area (Å²) in [7, 11) is 0. The van der Waals surface area contributed by atoms with Crippen LogP contribution >= 0.6 is 11.8 Å². The third-order valence-corrected chi connectivity index (χ3v) is 5.69. The van der Waals surface area contributed by atoms with Gasteiger partial charge in [-0.15, -0.1) is 11.8 Å². The van der Waals surface area contributed by atoms with Crippen LogP contribution in [0.15, 0.2) is 42.6 Å². The van der Waals surface area contributed by atoms with E-state index < -0.39 is 41.7 Å². The molecule has 0 amide bonds. The molecule has 1 aliphatic heterocycles. The van der Waals surface area contributed by atoms with Crippen LogP contribution in [0.3, 0.4) is 0 Å². The summed E-state index contributed by atoms with van der Waals surface area (Å²) in [5.41, 5.74) is 0.853. The zero-order chi connectivity index (χ0) is 23.3. The van der Waals surface area contributed by atoms with Crippen molar-refractivity contribution in [2.45, 2.75) is 44.5 Å². The smallest absolute Gasteiger partial charge is 0.303 e. The number of carbonyl (C=O) groups is 3. The number of ether oxygens (including phenoxy) is 4. The van der Waals surface area contributed by atoms with Crippen LogP contribution in [0.1, 0.15) is 20.8 Å². The van der Waals surface area contributed by atoms with E-state index in [1.54, 1.807) is 24.3 Å². The predicted molar refractivity (Wildman–Crippen MR) is 115 cm³/mol. The SMILES string of the molecule is CC(=O)O[C@@H]1[C@@H](OC(C)=O)[C@@H](Oc2cccc(-c3ccc(O)nc3)c2)SC[C@H]1OC(C)=O. The van der Waals surface area contributed by atoms with Crippen molar-refractivity contribution in [3.8, 4) is 22.8 Å². The third-order valence-electron chi connectivity index (χ3n) is 4.47. The van der Waals surface area contributed by atoms with Gasteiger partial charge < -0.3 is 24.1 Å². The summed E-state index contributed by atoms with van der Waals surface area (Å²) in [5, 5.41) is 9.39. The Kier molecular flexibility index (Phi) is 7.57. The van der Waals surface area contributed by atoms with Gasteiger partial charge in [0.05, 0.1) is 0 Å². The molecule has 1 N–H and O–H groups in total. The number of aromatic hydroxyl groups is 1. The Hall–Kier alpha value is -3.27. The van der Waals surface area contributed by atoms with Crippen molar-refractivity contribution >= 4 is 29.7 Å². The highest BCUT2D eigenvalue weighted by molar-refractivity contribution is 7.99. The average molecular weight is 461 g/mol. The van der Waals surface area contributed by atoms with Crippen molar-refractivity contribution in [1.29, 1.82) is 0 Å². The summed E-state index contributed by atoms with van der Waals surface area (Å²) in [4.78, 5) is 38.8. The van der Waals surface area contributed by atoms with Crippen LogP contribution in [0.25, 0.3) is 11.1 Å². The first kappa shape index (κ1) is 23.4. The third kappa shape index (κ3) is 6.13. The van der Waals surface area contributed by atoms with Gasteiger partial charge in [0.1, 0.15) is 5.75 Å². The molecule has 0 unspecified atom stereocenters. The summed E-state index contributed by atoms with van der Waals surface area (Å²) in [5.74, 6) is -1.04. The first-order valence-corrected chi connectivity index (χ1v) is 10.8. The predicted octanol–water partition coefficient (Wildman–Crippen LogP) is 2.70. The zero-order valence-electron chi connectivity index (χ0n) is 17.7. The standard InChI is InChI=1S/C22H23NO8S/c1-12(24)28-18-11-32-22(21(30-14(3)26)20(18)29-13(2)25)31-17-6-4-5-15(9-17)16-7-8-19(27)23-10-16/h4-10,18,20-22H,11H2,1-3H3,(H,23,27)/t18-,20+,21-,22+/m1/s1. The van der Waals surface area contributed by atoms with Crippen molar-refractivity contribution < 1.29 is 38.4 Å². The number of rotatable bonds is 6. The van der Waals surface area contributed by atoms with Gasteiger partial charge in [-0.05, 0) is 23.8 Å². The van der Waals surface area contributed by atoms with Gasteiger partial charge >= 0.3 is 17.9 Å². The molecule has 2 heterocycles. The lowest BCUT2D eigenvalue weighted by atomic mass is 10.1. The Morgan fingerprint density at radius 3 is 2.25 bits per heavy atom. The largest absolute Gasteiger partial charge is 0.493 e. The van der Waals surface area contributed by atoms with Crippen molar-refractivity contribution in [1.82, 2.24) is 4.98 Å². The van der Waals surface area contributed by atoms with E-state index in [0.717, 1.165) is 11.1 Å². The minimum Gasteiger partial charge on any atom is -0.493 e. The van der Waals surface area contributed by atoms with Gasteiger partial charge in [-0.3, -0.25) is 14.4 Å². The molecule has 0 radical (unpaired) electrons. The Morgan fingerprint density at radius 1 is 0.938 bits per heavy atom. The van der Waals surface area contributed by atoms with Crippen molar-refractivity contribution in [2.75, 3.05) is 5.75 Å². The molecular weight excluding hydrogens is 438 g/mol. The fourth-order valence-electron chi connectivity index (χ4n) is 3.25. The number of aromatic nitrogens is 1. The van der Waals surface area contributed by atoms with Gasteiger partial charge in [0.25, 0.3) is 0 Å². The second-order valence-electron chi connectivity index (χ2n) is 7.05. The normalized spacial score (nSPS) is 22.5. The molecule has 0 saturated carbocycles. The van der Waals surface area contributed by atoms with Crippen molar-refractivity contribution in [3.63, 3.8) is 0 Å². The maximum atomic E-state index is 11.8. The van der Waals surface area contributed by atoms with Crippen LogP contribution in [0.2, 0.25) is 0 Å². The number of hydrogen-bond donors (Lipinski definition) is 1. The number of carbonyl (C=O) groups excluding carboxylic acids is 3. The van der Waals surface area contributed by atoms with Gasteiger partial charge in [0.15, 0.2) is 23.7 Å². The van der Waals surface area contributed by atoms with Gasteiger partial charge in [-0.2, -0.15) is 0 Å². The molecule has 1 aromatic heterocycles. The number of nitrogens with zero attached hydrogens (tertiary/aromatic N) is 1. The molecule has 1 fully saturated rings. The molecule has 170 valence electrons. The van der Waals surface area contributed by atoms with Gasteiger partial charge in [0.2, 0.25) is 5.88 Å². The fraction of sp³-hybridized carbons (Fsp3) is 0.364. The van der Waals surface area contributed by atoms with Gasteiger partial charge in [-0.1, -0.05) is 12.1 Å². The molecule has 0 spiro atoms. The summed E-state index contributed by atoms with van der Waals surface area (Å²) < 4.78 is 22.2. The highest BCUT2D eigenvalue weighted by Crippen LogP contribution is 2.35. The molecule has 10 heteroatoms. The minimum atomic E-state index is -1.02. The first-order valence-electron chi connectivity index (χ1n) is 9.78. The second kappa shape index (κ2) is 10.4. The summed E-state index contributed by atoms with van der Waals surface area (Å²) in [6.45, 7) is 3.71. The summed E-state index contributed by atoms with van der Waals surface area (Å²) >= 11 is 1.28. The lowest BCUT2D eigenvalue weighted by Crippen LogP contribution is -2.55. The average Bonchev–Trinajstić information content (AvgIpc) is 2.72. The van der Waals surface area contributed by atoms with Crippen LogP contribution in [0, 0.1) is 0 Å². The summed E-state index contributed by atoms with van der Waals surface area (Å²) in [6.07, 6.45) is -1.28. The molecule has 1 aromatic carbocycles. The fourth-order valence-corrected chi connectivity index (χ4v) is 4.47. The maximum absolute atomic E-state index is 11.8. The van der Waals surface area contributed by atoms with E-state index in [1.165, 1.54) is 44.8 Å². The Morgan fingerprint density at radius 2 is 1.62 bits per heavy atom. The quantitative estimate of drug-likeness (QED) is 0.507. The van der Waals surface area contributed by atoms with Crippen molar-refractivity contribution in [2.24, 2.45) is 0 Å². The van der Waals surface area contributed by atoms with Crippen LogP contribution in [0.5, 0.6) is 11.6 Å². The summed E-state index contributed by atoms with van der Waals surface area (Å²) in [6, 6.07) is 10.4. The topological polar surface area (TPSA) is 121 Å². The Balaban J connectivity index is 1.86. The van der Waals surface area contributed by atoms with E-state index in [0.29, 0.717) is 5.75 Å². The molecule has 2 aromatic rings. The lowest BCUT2D eigenvalue weighted by Gasteiger charge is -2.39. The first-order chi connectivity index (χ1) is 15.2. The Bertz CT molecular complexity index is 980. The van der Waals surface area contributed by atoms with Gasteiger partial charge in [-0.25, -0.2) is 4.98 Å². The maximum Gasteiger partial charge on any atom is 0.303 e. The van der Waals surface area contributed by atoms with E-state index in [4.69, 9.17) is 18.9 Å². The van der Waals surface area contributed by atoms with Crippen LogP contribution in [-0.4, -0.2) is 57.5 Å². The highest BCUT2D eigenvalue weighted by atomic mass is 32.2. The molecule has 1 saturated heterocycles. The Labute approximate surface area is 189 Å². The van der Waals surface area contributed by atoms with E-state index in [2.05, 4.69) is 4.98 Å². The van der Waals surface area contributed by atoms with E-state index >= 15 is 0 Å². The van der Waals surface area contributed by atoms with E-state index in [1.807, 2.05) is 6.07 Å². The monoisotopic (exact) mass is 461 g/mol. The van der Waals surface area contributed by atoms with Crippen LogP contribution in [-0.2, 0) is 28.6 Å². The molecule has 0 bridgehead atoms. The second-order valence-corrected chi connectivity index (χ2v) is 8.18. The number of esters is 3. The van der Waals surface area contributed by atoms with Crippen LogP contribution in [0.4, 0.5) is 0 Å². The number of hydrogen-bond acceptors (Lipinski definition) is 10. The van der Waals surface area contributed by atoms with E-state index in [9.17, 15) is 19.5 Å². The lowest BCUT2D eigenvalue weighted by molar-refractivity contribution is -0.186. The molecular formula is C22H23NO8S. The molecule has 0 aliphatic carbocycles. The van der Waals surface area contributed by atoms with Crippen molar-refractivity contribution in [3.05, 3.63) is 42.6 Å². The molecule has 32 heavy (non-hydrogen) atoms. The van der Waals surface area contributed by atoms with E-state index in [-0.39, 0.29) is 11.6 Å². The zero-order valence-corrected chi connectivity index (χ0v) is 18.5. The number of pyridine rings is 1. The highest BCUT2D eigenvalue weighted by Gasteiger charge is 2.47. The molecule has 3 rings (SSSR count). The minimum absolute atomic E-state index is 0.0807.